The van der Waals surface area contributed by atoms with Crippen LogP contribution in [0.1, 0.15) is 44.2 Å². The van der Waals surface area contributed by atoms with Gasteiger partial charge in [-0.25, -0.2) is 0 Å². The number of carbonyl (C=O) groups excluding carboxylic acids is 3. The third-order valence-corrected chi connectivity index (χ3v) is 9.13. The normalized spacial score (nSPS) is 15.7. The van der Waals surface area contributed by atoms with E-state index in [0.717, 1.165) is 34.7 Å². The van der Waals surface area contributed by atoms with E-state index in [4.69, 9.17) is 5.73 Å². The molecule has 1 aliphatic rings. The van der Waals surface area contributed by atoms with Gasteiger partial charge in [0.1, 0.15) is 12.1 Å². The van der Waals surface area contributed by atoms with Crippen molar-refractivity contribution < 1.29 is 14.4 Å². The average molecular weight is 626 g/mol. The molecule has 8 heteroatoms. The Bertz CT molecular complexity index is 1510. The SMILES string of the molecule is CN(C)C1CCN(C(=O)[C@@H](Cc2ccccc2)N(C)C(=O)[C@@H](Cc2ccc3ccccc3c2)N(C)C(=O)/C=C/CC(C)(C)N)CC1. The maximum absolute atomic E-state index is 14.6. The first kappa shape index (κ1) is 34.9. The van der Waals surface area contributed by atoms with Crippen molar-refractivity contribution in [1.82, 2.24) is 19.6 Å². The fraction of sp³-hybridized carbons (Fsp3) is 0.447. The van der Waals surface area contributed by atoms with Crippen molar-refractivity contribution >= 4 is 28.5 Å². The van der Waals surface area contributed by atoms with Crippen LogP contribution in [0.25, 0.3) is 10.8 Å². The van der Waals surface area contributed by atoms with Crippen molar-refractivity contribution in [2.24, 2.45) is 5.73 Å². The number of hydrogen-bond donors (Lipinski definition) is 1. The highest BCUT2D eigenvalue weighted by atomic mass is 16.2. The first-order valence-electron chi connectivity index (χ1n) is 16.3. The number of piperidine rings is 1. The van der Waals surface area contributed by atoms with E-state index in [1.54, 1.807) is 25.1 Å². The van der Waals surface area contributed by atoms with Crippen LogP contribution in [0.4, 0.5) is 0 Å². The van der Waals surface area contributed by atoms with E-state index in [9.17, 15) is 14.4 Å². The molecule has 1 saturated heterocycles. The van der Waals surface area contributed by atoms with Crippen molar-refractivity contribution in [1.29, 1.82) is 0 Å². The lowest BCUT2D eigenvalue weighted by atomic mass is 9.97. The molecular formula is C38H51N5O3. The van der Waals surface area contributed by atoms with Gasteiger partial charge in [-0.15, -0.1) is 0 Å². The quantitative estimate of drug-likeness (QED) is 0.299. The fourth-order valence-electron chi connectivity index (χ4n) is 6.14. The molecule has 1 heterocycles. The van der Waals surface area contributed by atoms with Crippen LogP contribution in [0, 0.1) is 0 Å². The van der Waals surface area contributed by atoms with E-state index < -0.39 is 17.6 Å². The highest BCUT2D eigenvalue weighted by Gasteiger charge is 2.37. The molecule has 0 aromatic heterocycles. The number of nitrogens with zero attached hydrogens (tertiary/aromatic N) is 4. The zero-order valence-electron chi connectivity index (χ0n) is 28.4. The second-order valence-electron chi connectivity index (χ2n) is 13.6. The van der Waals surface area contributed by atoms with Gasteiger partial charge in [-0.2, -0.15) is 0 Å². The molecule has 3 amide bonds. The summed E-state index contributed by atoms with van der Waals surface area (Å²) in [4.78, 5) is 49.4. The maximum Gasteiger partial charge on any atom is 0.246 e. The first-order valence-corrected chi connectivity index (χ1v) is 16.3. The summed E-state index contributed by atoms with van der Waals surface area (Å²) in [6.45, 7) is 5.10. The number of likely N-dealkylation sites (tertiary alicyclic amines) is 1. The Morgan fingerprint density at radius 2 is 1.43 bits per heavy atom. The molecule has 0 aliphatic carbocycles. The predicted octanol–water partition coefficient (Wildman–Crippen LogP) is 4.52. The molecule has 1 fully saturated rings. The van der Waals surface area contributed by atoms with E-state index in [1.165, 1.54) is 11.0 Å². The third kappa shape index (κ3) is 9.27. The molecule has 0 radical (unpaired) electrons. The van der Waals surface area contributed by atoms with Gasteiger partial charge in [0.15, 0.2) is 0 Å². The number of rotatable bonds is 12. The zero-order valence-corrected chi connectivity index (χ0v) is 28.4. The van der Waals surface area contributed by atoms with E-state index >= 15 is 0 Å². The summed E-state index contributed by atoms with van der Waals surface area (Å²) in [6, 6.07) is 22.9. The Morgan fingerprint density at radius 3 is 2.07 bits per heavy atom. The Kier molecular flexibility index (Phi) is 11.8. The summed E-state index contributed by atoms with van der Waals surface area (Å²) in [5, 5.41) is 2.17. The fourth-order valence-corrected chi connectivity index (χ4v) is 6.14. The minimum absolute atomic E-state index is 0.0552. The molecule has 3 aromatic rings. The Balaban J connectivity index is 1.64. The summed E-state index contributed by atoms with van der Waals surface area (Å²) in [6.07, 6.45) is 6.27. The number of hydrogen-bond acceptors (Lipinski definition) is 5. The zero-order chi connectivity index (χ0) is 33.4. The molecule has 8 nitrogen and oxygen atoms in total. The summed E-state index contributed by atoms with van der Waals surface area (Å²) in [5.74, 6) is -0.608. The van der Waals surface area contributed by atoms with Crippen molar-refractivity contribution in [3.05, 3.63) is 96.1 Å². The van der Waals surface area contributed by atoms with Gasteiger partial charge in [-0.05, 0) is 75.2 Å². The summed E-state index contributed by atoms with van der Waals surface area (Å²) < 4.78 is 0. The third-order valence-electron chi connectivity index (χ3n) is 9.13. The van der Waals surface area contributed by atoms with Crippen molar-refractivity contribution in [2.75, 3.05) is 41.3 Å². The van der Waals surface area contributed by atoms with Gasteiger partial charge < -0.3 is 25.3 Å². The molecule has 246 valence electrons. The maximum atomic E-state index is 14.6. The smallest absolute Gasteiger partial charge is 0.246 e. The van der Waals surface area contributed by atoms with Crippen molar-refractivity contribution in [3.8, 4) is 0 Å². The van der Waals surface area contributed by atoms with Crippen LogP contribution < -0.4 is 5.73 Å². The lowest BCUT2D eigenvalue weighted by Gasteiger charge is -2.40. The Hall–Kier alpha value is -4.01. The molecule has 1 aliphatic heterocycles. The molecule has 0 bridgehead atoms. The molecule has 3 aromatic carbocycles. The number of likely N-dealkylation sites (N-methyl/N-ethyl adjacent to an activating group) is 2. The van der Waals surface area contributed by atoms with Gasteiger partial charge in [-0.3, -0.25) is 14.4 Å². The number of fused-ring (bicyclic) bond motifs is 1. The van der Waals surface area contributed by atoms with Crippen LogP contribution in [0.5, 0.6) is 0 Å². The highest BCUT2D eigenvalue weighted by molar-refractivity contribution is 5.95. The van der Waals surface area contributed by atoms with Crippen LogP contribution >= 0.6 is 0 Å². The minimum Gasteiger partial charge on any atom is -0.341 e. The number of carbonyl (C=O) groups is 3. The Morgan fingerprint density at radius 1 is 0.826 bits per heavy atom. The van der Waals surface area contributed by atoms with Crippen LogP contribution in [-0.4, -0.2) is 102 Å². The second kappa shape index (κ2) is 15.5. The van der Waals surface area contributed by atoms with Gasteiger partial charge >= 0.3 is 0 Å². The molecular weight excluding hydrogens is 574 g/mol. The predicted molar refractivity (Wildman–Crippen MR) is 186 cm³/mol. The molecule has 0 spiro atoms. The van der Waals surface area contributed by atoms with E-state index in [2.05, 4.69) is 31.1 Å². The summed E-state index contributed by atoms with van der Waals surface area (Å²) >= 11 is 0. The summed E-state index contributed by atoms with van der Waals surface area (Å²) in [7, 11) is 7.52. The molecule has 4 rings (SSSR count). The van der Waals surface area contributed by atoms with Crippen LogP contribution in [0.2, 0.25) is 0 Å². The largest absolute Gasteiger partial charge is 0.341 e. The van der Waals surface area contributed by atoms with Crippen molar-refractivity contribution in [2.45, 2.75) is 69.6 Å². The number of amides is 3. The lowest BCUT2D eigenvalue weighted by Crippen LogP contribution is -2.57. The molecule has 0 saturated carbocycles. The lowest BCUT2D eigenvalue weighted by molar-refractivity contribution is -0.149. The average Bonchev–Trinajstić information content (AvgIpc) is 3.04. The summed E-state index contributed by atoms with van der Waals surface area (Å²) in [5.41, 5.74) is 7.59. The Labute approximate surface area is 274 Å². The van der Waals surface area contributed by atoms with Gasteiger partial charge in [0.25, 0.3) is 0 Å². The van der Waals surface area contributed by atoms with E-state index in [1.807, 2.05) is 79.4 Å². The van der Waals surface area contributed by atoms with Gasteiger partial charge in [0.2, 0.25) is 17.7 Å². The number of nitrogens with two attached hydrogens (primary N) is 1. The van der Waals surface area contributed by atoms with Crippen LogP contribution in [-0.2, 0) is 27.2 Å². The van der Waals surface area contributed by atoms with E-state index in [-0.39, 0.29) is 17.7 Å². The monoisotopic (exact) mass is 625 g/mol. The standard InChI is InChI=1S/C38H51N5O3/c1-38(2,39)22-12-17-35(44)41(5)33(27-29-18-19-30-15-10-11-16-31(30)25-29)36(45)42(6)34(26-28-13-8-7-9-14-28)37(46)43-23-20-32(21-24-43)40(3)4/h7-19,25,32-34H,20-24,26-27,39H2,1-6H3/b17-12+/t33-,34-/m1/s1. The molecule has 46 heavy (non-hydrogen) atoms. The van der Waals surface area contributed by atoms with Crippen LogP contribution in [0.3, 0.4) is 0 Å². The second-order valence-corrected chi connectivity index (χ2v) is 13.6. The molecule has 2 N–H and O–H groups in total. The topological polar surface area (TPSA) is 90.2 Å². The number of benzene rings is 3. The van der Waals surface area contributed by atoms with Gasteiger partial charge in [0, 0.05) is 51.6 Å². The van der Waals surface area contributed by atoms with Gasteiger partial charge in [0.05, 0.1) is 0 Å². The first-order chi connectivity index (χ1) is 21.8. The van der Waals surface area contributed by atoms with Crippen molar-refractivity contribution in [3.63, 3.8) is 0 Å². The molecule has 0 unspecified atom stereocenters. The van der Waals surface area contributed by atoms with Gasteiger partial charge in [-0.1, -0.05) is 78.9 Å². The highest BCUT2D eigenvalue weighted by Crippen LogP contribution is 2.22. The van der Waals surface area contributed by atoms with E-state index in [0.29, 0.717) is 38.4 Å². The van der Waals surface area contributed by atoms with Crippen LogP contribution in [0.15, 0.2) is 84.9 Å². The minimum atomic E-state index is -0.820. The molecule has 2 atom stereocenters.